The monoisotopic (exact) mass is 338 g/mol. The zero-order valence-electron chi connectivity index (χ0n) is 14.5. The standard InChI is InChI=1S/C21H22O4/c1-19(2)24-17-16-13-11-8-12-14(15(11)23-16)21(12,13)18(22)20(17,25-19)9-10-6-4-3-5-7-10/h3-7,11-17H,8-9H2,1-2H3/t11-,12+,13+,14-,15-,16-,17+,20+,21-/m1/s1. The molecule has 2 saturated heterocycles. The van der Waals surface area contributed by atoms with Gasteiger partial charge in [-0.1, -0.05) is 30.3 Å². The lowest BCUT2D eigenvalue weighted by molar-refractivity contribution is -0.180. The van der Waals surface area contributed by atoms with E-state index in [1.54, 1.807) is 0 Å². The van der Waals surface area contributed by atoms with Gasteiger partial charge >= 0.3 is 0 Å². The molecule has 9 atom stereocenters. The van der Waals surface area contributed by atoms with Crippen molar-refractivity contribution >= 4 is 5.78 Å². The van der Waals surface area contributed by atoms with Crippen LogP contribution in [0, 0.1) is 29.1 Å². The number of benzene rings is 1. The van der Waals surface area contributed by atoms with Crippen molar-refractivity contribution in [1.29, 1.82) is 0 Å². The molecular formula is C21H22O4. The summed E-state index contributed by atoms with van der Waals surface area (Å²) in [5, 5.41) is 0. The summed E-state index contributed by atoms with van der Waals surface area (Å²) in [6.45, 7) is 3.87. The molecule has 1 aromatic rings. The van der Waals surface area contributed by atoms with Gasteiger partial charge in [-0.3, -0.25) is 4.79 Å². The molecule has 130 valence electrons. The highest BCUT2D eigenvalue weighted by molar-refractivity contribution is 6.00. The van der Waals surface area contributed by atoms with Crippen molar-refractivity contribution in [3.05, 3.63) is 35.9 Å². The Hall–Kier alpha value is -1.23. The summed E-state index contributed by atoms with van der Waals surface area (Å²) in [6, 6.07) is 10.2. The van der Waals surface area contributed by atoms with Crippen LogP contribution in [-0.2, 0) is 25.4 Å². The van der Waals surface area contributed by atoms with E-state index in [0.717, 1.165) is 5.56 Å². The Bertz CT molecular complexity index is 818. The largest absolute Gasteiger partial charge is 0.371 e. The van der Waals surface area contributed by atoms with Crippen LogP contribution in [-0.4, -0.2) is 35.5 Å². The van der Waals surface area contributed by atoms with Crippen LogP contribution in [0.25, 0.3) is 0 Å². The van der Waals surface area contributed by atoms with Gasteiger partial charge in [-0.25, -0.2) is 0 Å². The highest BCUT2D eigenvalue weighted by Gasteiger charge is 2.95. The van der Waals surface area contributed by atoms with Crippen LogP contribution in [0.2, 0.25) is 0 Å². The molecule has 5 saturated carbocycles. The Kier molecular flexibility index (Phi) is 2.08. The van der Waals surface area contributed by atoms with E-state index in [2.05, 4.69) is 12.1 Å². The maximum Gasteiger partial charge on any atom is 0.175 e. The smallest absolute Gasteiger partial charge is 0.175 e. The second-order valence-corrected chi connectivity index (χ2v) is 9.48. The number of Topliss-reactive ketones (excluding diaryl/α,β-unsaturated/α-hetero) is 1. The van der Waals surface area contributed by atoms with E-state index in [-0.39, 0.29) is 17.6 Å². The van der Waals surface area contributed by atoms with Gasteiger partial charge in [-0.15, -0.1) is 0 Å². The lowest BCUT2D eigenvalue weighted by Crippen LogP contribution is -2.65. The molecule has 2 heterocycles. The Morgan fingerprint density at radius 1 is 1.12 bits per heavy atom. The first-order chi connectivity index (χ1) is 12.0. The molecule has 2 aliphatic heterocycles. The third kappa shape index (κ3) is 1.25. The lowest BCUT2D eigenvalue weighted by Gasteiger charge is -2.46. The number of fused-ring (bicyclic) bond motifs is 2. The summed E-state index contributed by atoms with van der Waals surface area (Å²) in [7, 11) is 0. The van der Waals surface area contributed by atoms with Crippen LogP contribution < -0.4 is 0 Å². The first-order valence-corrected chi connectivity index (χ1v) is 9.61. The molecule has 0 N–H and O–H groups in total. The Labute approximate surface area is 146 Å². The molecule has 8 rings (SSSR count). The lowest BCUT2D eigenvalue weighted by atomic mass is 9.64. The van der Waals surface area contributed by atoms with Crippen LogP contribution in [0.5, 0.6) is 0 Å². The molecule has 5 aliphatic carbocycles. The maximum absolute atomic E-state index is 14.0. The number of hydrogen-bond donors (Lipinski definition) is 0. The fraction of sp³-hybridized carbons (Fsp3) is 0.667. The van der Waals surface area contributed by atoms with Crippen molar-refractivity contribution in [2.75, 3.05) is 0 Å². The minimum atomic E-state index is -0.886. The molecule has 7 aliphatic rings. The van der Waals surface area contributed by atoms with E-state index in [1.165, 1.54) is 6.42 Å². The molecule has 0 unspecified atom stereocenters. The van der Waals surface area contributed by atoms with E-state index in [4.69, 9.17) is 14.2 Å². The van der Waals surface area contributed by atoms with Gasteiger partial charge in [-0.2, -0.15) is 0 Å². The van der Waals surface area contributed by atoms with Gasteiger partial charge in [-0.05, 0) is 37.7 Å². The van der Waals surface area contributed by atoms with Gasteiger partial charge in [0.05, 0.1) is 12.2 Å². The molecule has 0 aromatic heterocycles. The predicted octanol–water partition coefficient (Wildman–Crippen LogP) is 2.35. The van der Waals surface area contributed by atoms with Crippen molar-refractivity contribution in [3.8, 4) is 0 Å². The Balaban J connectivity index is 1.41. The maximum atomic E-state index is 14.0. The number of rotatable bonds is 2. The molecule has 1 spiro atoms. The number of carbonyl (C=O) groups is 1. The number of ketones is 1. The third-order valence-corrected chi connectivity index (χ3v) is 8.16. The van der Waals surface area contributed by atoms with Gasteiger partial charge in [0.15, 0.2) is 17.2 Å². The summed E-state index contributed by atoms with van der Waals surface area (Å²) < 4.78 is 19.3. The van der Waals surface area contributed by atoms with E-state index in [9.17, 15) is 4.79 Å². The highest BCUT2D eigenvalue weighted by atomic mass is 16.8. The molecule has 6 bridgehead atoms. The molecule has 0 amide bonds. The zero-order valence-corrected chi connectivity index (χ0v) is 14.5. The molecule has 7 fully saturated rings. The van der Waals surface area contributed by atoms with Gasteiger partial charge in [0, 0.05) is 23.7 Å². The minimum absolute atomic E-state index is 0.0296. The summed E-state index contributed by atoms with van der Waals surface area (Å²) in [6.07, 6.45) is 1.83. The van der Waals surface area contributed by atoms with E-state index in [0.29, 0.717) is 42.0 Å². The van der Waals surface area contributed by atoms with Crippen molar-refractivity contribution < 1.29 is 19.0 Å². The van der Waals surface area contributed by atoms with Crippen molar-refractivity contribution in [3.63, 3.8) is 0 Å². The Morgan fingerprint density at radius 2 is 1.92 bits per heavy atom. The van der Waals surface area contributed by atoms with Crippen molar-refractivity contribution in [2.24, 2.45) is 29.1 Å². The summed E-state index contributed by atoms with van der Waals surface area (Å²) in [5.74, 6) is 1.57. The second kappa shape index (κ2) is 3.73. The van der Waals surface area contributed by atoms with Crippen molar-refractivity contribution in [1.82, 2.24) is 0 Å². The van der Waals surface area contributed by atoms with Gasteiger partial charge in [0.2, 0.25) is 0 Å². The Morgan fingerprint density at radius 3 is 2.68 bits per heavy atom. The summed E-state index contributed by atoms with van der Waals surface area (Å²) in [5.41, 5.74) is 0.103. The fourth-order valence-corrected chi connectivity index (χ4v) is 7.83. The average molecular weight is 338 g/mol. The topological polar surface area (TPSA) is 44.8 Å². The quantitative estimate of drug-likeness (QED) is 0.830. The van der Waals surface area contributed by atoms with Crippen LogP contribution in [0.4, 0.5) is 0 Å². The van der Waals surface area contributed by atoms with Crippen LogP contribution >= 0.6 is 0 Å². The highest BCUT2D eigenvalue weighted by Crippen LogP contribution is 2.88. The third-order valence-electron chi connectivity index (χ3n) is 8.16. The number of carbonyl (C=O) groups excluding carboxylic acids is 1. The van der Waals surface area contributed by atoms with Crippen LogP contribution in [0.3, 0.4) is 0 Å². The van der Waals surface area contributed by atoms with Crippen LogP contribution in [0.15, 0.2) is 30.3 Å². The molecular weight excluding hydrogens is 316 g/mol. The van der Waals surface area contributed by atoms with E-state index in [1.807, 2.05) is 32.0 Å². The first-order valence-electron chi connectivity index (χ1n) is 9.61. The van der Waals surface area contributed by atoms with Gasteiger partial charge in [0.25, 0.3) is 0 Å². The predicted molar refractivity (Wildman–Crippen MR) is 87.6 cm³/mol. The molecule has 0 radical (unpaired) electrons. The molecule has 25 heavy (non-hydrogen) atoms. The normalized spacial score (nSPS) is 57.8. The fourth-order valence-electron chi connectivity index (χ4n) is 7.83. The zero-order chi connectivity index (χ0) is 16.8. The molecule has 4 heteroatoms. The first kappa shape index (κ1) is 13.9. The van der Waals surface area contributed by atoms with Crippen molar-refractivity contribution in [2.45, 2.75) is 56.4 Å². The summed E-state index contributed by atoms with van der Waals surface area (Å²) in [4.78, 5) is 14.0. The van der Waals surface area contributed by atoms with Crippen LogP contribution in [0.1, 0.15) is 25.8 Å². The van der Waals surface area contributed by atoms with E-state index < -0.39 is 11.4 Å². The van der Waals surface area contributed by atoms with Gasteiger partial charge in [0.1, 0.15) is 6.10 Å². The molecule has 1 aromatic carbocycles. The van der Waals surface area contributed by atoms with Gasteiger partial charge < -0.3 is 14.2 Å². The average Bonchev–Trinajstić information content (AvgIpc) is 3.04. The summed E-state index contributed by atoms with van der Waals surface area (Å²) >= 11 is 0. The van der Waals surface area contributed by atoms with E-state index >= 15 is 0 Å². The minimum Gasteiger partial charge on any atom is -0.371 e. The second-order valence-electron chi connectivity index (χ2n) is 9.48. The number of hydrogen-bond acceptors (Lipinski definition) is 4. The SMILES string of the molecule is CC1(C)O[C@H]2[C@@H]3O[C@@H]4[C@@H]5C[C@H]6[C@H]4[C@]6(C(=O)[C@@]2(Cc2ccccc2)O1)[C@@H]53. The number of ether oxygens (including phenoxy) is 3. The molecule has 4 nitrogen and oxygen atoms in total.